The van der Waals surface area contributed by atoms with Gasteiger partial charge in [0.25, 0.3) is 0 Å². The summed E-state index contributed by atoms with van der Waals surface area (Å²) in [5.74, 6) is -0.753. The Morgan fingerprint density at radius 2 is 2.44 bits per heavy atom. The topological polar surface area (TPSA) is 61.8 Å². The molecular formula is C11H20N2O3. The molecule has 2 heterocycles. The van der Waals surface area contributed by atoms with E-state index in [9.17, 15) is 4.79 Å². The van der Waals surface area contributed by atoms with Crippen molar-refractivity contribution in [3.05, 3.63) is 0 Å². The van der Waals surface area contributed by atoms with Gasteiger partial charge in [0.15, 0.2) is 0 Å². The van der Waals surface area contributed by atoms with Gasteiger partial charge in [-0.3, -0.25) is 9.69 Å². The highest BCUT2D eigenvalue weighted by Gasteiger charge is 2.31. The lowest BCUT2D eigenvalue weighted by Crippen LogP contribution is -2.49. The number of carboxylic acids is 1. The Bertz CT molecular complexity index is 247. The summed E-state index contributed by atoms with van der Waals surface area (Å²) in [5, 5.41) is 11.6. The highest BCUT2D eigenvalue weighted by Crippen LogP contribution is 2.22. The van der Waals surface area contributed by atoms with Crippen molar-refractivity contribution in [2.45, 2.75) is 31.4 Å². The van der Waals surface area contributed by atoms with Crippen molar-refractivity contribution in [1.29, 1.82) is 0 Å². The van der Waals surface area contributed by atoms with E-state index < -0.39 is 5.97 Å². The summed E-state index contributed by atoms with van der Waals surface area (Å²) in [7, 11) is 0. The van der Waals surface area contributed by atoms with E-state index in [-0.39, 0.29) is 12.5 Å². The van der Waals surface area contributed by atoms with E-state index in [0.29, 0.717) is 12.6 Å². The van der Waals surface area contributed by atoms with Crippen LogP contribution in [0, 0.1) is 0 Å². The molecule has 0 aromatic heterocycles. The summed E-state index contributed by atoms with van der Waals surface area (Å²) in [6.45, 7) is 4.31. The van der Waals surface area contributed by atoms with Crippen LogP contribution < -0.4 is 5.32 Å². The summed E-state index contributed by atoms with van der Waals surface area (Å²) in [4.78, 5) is 12.8. The van der Waals surface area contributed by atoms with Crippen molar-refractivity contribution in [2.75, 3.05) is 32.8 Å². The zero-order valence-electron chi connectivity index (χ0n) is 9.52. The first-order valence-electron chi connectivity index (χ1n) is 6.04. The Kier molecular flexibility index (Phi) is 4.15. The molecule has 2 aliphatic heterocycles. The fourth-order valence-corrected chi connectivity index (χ4v) is 2.47. The lowest BCUT2D eigenvalue weighted by Gasteiger charge is -2.35. The van der Waals surface area contributed by atoms with Crippen molar-refractivity contribution in [2.24, 2.45) is 0 Å². The highest BCUT2D eigenvalue weighted by molar-refractivity contribution is 5.66. The molecule has 2 aliphatic rings. The number of hydrogen-bond acceptors (Lipinski definition) is 4. The Labute approximate surface area is 95.8 Å². The third-order valence-electron chi connectivity index (χ3n) is 3.35. The van der Waals surface area contributed by atoms with Crippen molar-refractivity contribution in [1.82, 2.24) is 10.2 Å². The smallest absolute Gasteiger partial charge is 0.304 e. The van der Waals surface area contributed by atoms with Gasteiger partial charge in [-0.05, 0) is 19.4 Å². The molecule has 16 heavy (non-hydrogen) atoms. The molecule has 0 bridgehead atoms. The average Bonchev–Trinajstić information content (AvgIpc) is 2.71. The van der Waals surface area contributed by atoms with Gasteiger partial charge < -0.3 is 15.2 Å². The van der Waals surface area contributed by atoms with E-state index in [2.05, 4.69) is 10.2 Å². The third kappa shape index (κ3) is 3.17. The van der Waals surface area contributed by atoms with Crippen LogP contribution in [0.4, 0.5) is 0 Å². The molecule has 0 spiro atoms. The van der Waals surface area contributed by atoms with Crippen molar-refractivity contribution in [3.8, 4) is 0 Å². The number of hydrogen-bond donors (Lipinski definition) is 2. The first-order valence-corrected chi connectivity index (χ1v) is 6.04. The van der Waals surface area contributed by atoms with Crippen LogP contribution in [0.25, 0.3) is 0 Å². The Hall–Kier alpha value is -0.650. The summed E-state index contributed by atoms with van der Waals surface area (Å²) in [6.07, 6.45) is 2.95. The lowest BCUT2D eigenvalue weighted by molar-refractivity contribution is -0.136. The summed E-state index contributed by atoms with van der Waals surface area (Å²) in [6, 6.07) is 0.635. The molecule has 2 unspecified atom stereocenters. The fraction of sp³-hybridized carbons (Fsp3) is 0.909. The highest BCUT2D eigenvalue weighted by atomic mass is 16.5. The number of nitrogens with one attached hydrogen (secondary N) is 1. The van der Waals surface area contributed by atoms with E-state index in [1.54, 1.807) is 0 Å². The first kappa shape index (κ1) is 11.8. The van der Waals surface area contributed by atoms with E-state index in [1.165, 1.54) is 19.4 Å². The molecule has 0 saturated carbocycles. The molecule has 2 fully saturated rings. The van der Waals surface area contributed by atoms with Gasteiger partial charge in [0.05, 0.1) is 19.1 Å². The van der Waals surface area contributed by atoms with Crippen molar-refractivity contribution >= 4 is 5.97 Å². The van der Waals surface area contributed by atoms with Crippen LogP contribution >= 0.6 is 0 Å². The molecule has 5 nitrogen and oxygen atoms in total. The van der Waals surface area contributed by atoms with E-state index in [1.807, 2.05) is 0 Å². The number of carboxylic acid groups (broad SMARTS) is 1. The van der Waals surface area contributed by atoms with Crippen molar-refractivity contribution < 1.29 is 14.6 Å². The quantitative estimate of drug-likeness (QED) is 0.644. The second-order valence-electron chi connectivity index (χ2n) is 4.59. The van der Waals surface area contributed by atoms with Gasteiger partial charge >= 0.3 is 5.97 Å². The molecule has 0 aromatic carbocycles. The van der Waals surface area contributed by atoms with Gasteiger partial charge in [-0.25, -0.2) is 0 Å². The monoisotopic (exact) mass is 228 g/mol. The van der Waals surface area contributed by atoms with Crippen LogP contribution in [0.15, 0.2) is 0 Å². The molecule has 0 radical (unpaired) electrons. The van der Waals surface area contributed by atoms with Gasteiger partial charge in [-0.1, -0.05) is 0 Å². The molecule has 92 valence electrons. The summed E-state index contributed by atoms with van der Waals surface area (Å²) < 4.78 is 5.75. The van der Waals surface area contributed by atoms with Crippen molar-refractivity contribution in [3.63, 3.8) is 0 Å². The van der Waals surface area contributed by atoms with Crippen LogP contribution in [-0.2, 0) is 9.53 Å². The Morgan fingerprint density at radius 1 is 1.56 bits per heavy atom. The minimum Gasteiger partial charge on any atom is -0.481 e. The predicted molar refractivity (Wildman–Crippen MR) is 59.5 cm³/mol. The average molecular weight is 228 g/mol. The van der Waals surface area contributed by atoms with E-state index in [4.69, 9.17) is 9.84 Å². The molecule has 2 atom stereocenters. The van der Waals surface area contributed by atoms with Gasteiger partial charge in [-0.15, -0.1) is 0 Å². The Balaban J connectivity index is 1.62. The third-order valence-corrected chi connectivity index (χ3v) is 3.35. The van der Waals surface area contributed by atoms with Gasteiger partial charge in [0, 0.05) is 25.7 Å². The molecule has 0 aromatic rings. The Morgan fingerprint density at radius 3 is 3.25 bits per heavy atom. The molecule has 0 amide bonds. The lowest BCUT2D eigenvalue weighted by atomic mass is 10.2. The fourth-order valence-electron chi connectivity index (χ4n) is 2.47. The summed E-state index contributed by atoms with van der Waals surface area (Å²) in [5.41, 5.74) is 0. The predicted octanol–water partition coefficient (Wildman–Crippen LogP) is -0.0861. The number of morpholine rings is 1. The standard InChI is InChI=1S/C11H20N2O3/c14-11(15)3-4-12-6-10-7-13-5-1-2-9(13)8-16-10/h9-10,12H,1-8H2,(H,14,15). The van der Waals surface area contributed by atoms with Crippen LogP contribution in [0.5, 0.6) is 0 Å². The van der Waals surface area contributed by atoms with Gasteiger partial charge in [0.2, 0.25) is 0 Å². The maximum Gasteiger partial charge on any atom is 0.304 e. The summed E-state index contributed by atoms with van der Waals surface area (Å²) >= 11 is 0. The second-order valence-corrected chi connectivity index (χ2v) is 4.59. The molecule has 2 saturated heterocycles. The van der Waals surface area contributed by atoms with Gasteiger partial charge in [-0.2, -0.15) is 0 Å². The maximum atomic E-state index is 10.3. The first-order chi connectivity index (χ1) is 7.75. The molecule has 0 aliphatic carbocycles. The normalized spacial score (nSPS) is 30.2. The number of ether oxygens (including phenoxy) is 1. The van der Waals surface area contributed by atoms with Crippen LogP contribution in [0.2, 0.25) is 0 Å². The second kappa shape index (κ2) is 5.61. The molecule has 2 N–H and O–H groups in total. The maximum absolute atomic E-state index is 10.3. The van der Waals surface area contributed by atoms with Gasteiger partial charge in [0.1, 0.15) is 0 Å². The zero-order valence-corrected chi connectivity index (χ0v) is 9.52. The molecule has 5 heteroatoms. The van der Waals surface area contributed by atoms with Crippen LogP contribution in [0.3, 0.4) is 0 Å². The number of carbonyl (C=O) groups is 1. The number of nitrogens with zero attached hydrogens (tertiary/aromatic N) is 1. The minimum atomic E-state index is -0.753. The SMILES string of the molecule is O=C(O)CCNCC1CN2CCCC2CO1. The number of fused-ring (bicyclic) bond motifs is 1. The van der Waals surface area contributed by atoms with Crippen LogP contribution in [0.1, 0.15) is 19.3 Å². The zero-order chi connectivity index (χ0) is 11.4. The molecular weight excluding hydrogens is 208 g/mol. The number of rotatable bonds is 5. The number of aliphatic carboxylic acids is 1. The van der Waals surface area contributed by atoms with Crippen LogP contribution in [-0.4, -0.2) is 60.9 Å². The van der Waals surface area contributed by atoms with E-state index in [0.717, 1.165) is 19.7 Å². The van der Waals surface area contributed by atoms with E-state index >= 15 is 0 Å². The largest absolute Gasteiger partial charge is 0.481 e. The molecule has 2 rings (SSSR count). The minimum absolute atomic E-state index is 0.180.